The molecule has 1 N–H and O–H groups in total. The van der Waals surface area contributed by atoms with Crippen LogP contribution in [0, 0.1) is 11.7 Å². The average molecular weight is 340 g/mol. The van der Waals surface area contributed by atoms with E-state index in [1.54, 1.807) is 36.4 Å². The molecular weight excluding hydrogens is 319 g/mol. The van der Waals surface area contributed by atoms with E-state index in [0.717, 1.165) is 25.4 Å². The van der Waals surface area contributed by atoms with Crippen LogP contribution in [0.2, 0.25) is 0 Å². The highest BCUT2D eigenvalue weighted by Gasteiger charge is 2.32. The fourth-order valence-electron chi connectivity index (χ4n) is 3.75. The van der Waals surface area contributed by atoms with Crippen molar-refractivity contribution in [2.75, 3.05) is 19.6 Å². The summed E-state index contributed by atoms with van der Waals surface area (Å²) >= 11 is 0. The Hall–Kier alpha value is -2.40. The van der Waals surface area contributed by atoms with Gasteiger partial charge in [0, 0.05) is 24.7 Å². The summed E-state index contributed by atoms with van der Waals surface area (Å²) in [4.78, 5) is 14.9. The van der Waals surface area contributed by atoms with Crippen molar-refractivity contribution in [1.82, 2.24) is 10.2 Å². The first-order chi connectivity index (χ1) is 12.2. The first kappa shape index (κ1) is 16.1. The maximum atomic E-state index is 12.9. The summed E-state index contributed by atoms with van der Waals surface area (Å²) < 4.78 is 18.6. The van der Waals surface area contributed by atoms with Crippen LogP contribution in [-0.4, -0.2) is 36.5 Å². The Balaban J connectivity index is 1.36. The fourth-order valence-corrected chi connectivity index (χ4v) is 3.75. The van der Waals surface area contributed by atoms with Crippen LogP contribution in [0.25, 0.3) is 0 Å². The Morgan fingerprint density at radius 2 is 1.72 bits per heavy atom. The van der Waals surface area contributed by atoms with Crippen LogP contribution < -0.4 is 10.1 Å². The van der Waals surface area contributed by atoms with Crippen molar-refractivity contribution >= 4 is 5.91 Å². The molecule has 0 spiro atoms. The number of halogens is 1. The Kier molecular flexibility index (Phi) is 4.40. The van der Waals surface area contributed by atoms with Gasteiger partial charge in [-0.25, -0.2) is 4.39 Å². The molecule has 0 radical (unpaired) electrons. The second kappa shape index (κ2) is 6.84. The van der Waals surface area contributed by atoms with E-state index in [1.165, 1.54) is 25.1 Å². The van der Waals surface area contributed by atoms with Crippen LogP contribution in [0.3, 0.4) is 0 Å². The largest absolute Gasteiger partial charge is 0.457 e. The van der Waals surface area contributed by atoms with Gasteiger partial charge in [-0.05, 0) is 73.8 Å². The van der Waals surface area contributed by atoms with Crippen molar-refractivity contribution in [1.29, 1.82) is 0 Å². The maximum Gasteiger partial charge on any atom is 0.251 e. The number of amides is 1. The number of hydrogen-bond donors (Lipinski definition) is 1. The summed E-state index contributed by atoms with van der Waals surface area (Å²) in [6, 6.07) is 13.1. The molecule has 0 aliphatic carbocycles. The highest BCUT2D eigenvalue weighted by atomic mass is 19.1. The number of hydrogen-bond acceptors (Lipinski definition) is 3. The van der Waals surface area contributed by atoms with Crippen molar-refractivity contribution in [2.24, 2.45) is 5.92 Å². The van der Waals surface area contributed by atoms with Gasteiger partial charge in [-0.1, -0.05) is 0 Å². The number of carbonyl (C=O) groups excluding carboxylic acids is 1. The highest BCUT2D eigenvalue weighted by molar-refractivity contribution is 5.94. The molecule has 5 heteroatoms. The first-order valence-electron chi connectivity index (χ1n) is 8.72. The second-order valence-electron chi connectivity index (χ2n) is 6.90. The Bertz CT molecular complexity index is 733. The predicted octanol–water partition coefficient (Wildman–Crippen LogP) is 3.44. The van der Waals surface area contributed by atoms with Gasteiger partial charge in [0.2, 0.25) is 0 Å². The topological polar surface area (TPSA) is 41.6 Å². The van der Waals surface area contributed by atoms with Crippen molar-refractivity contribution < 1.29 is 13.9 Å². The molecule has 0 aromatic heterocycles. The summed E-state index contributed by atoms with van der Waals surface area (Å²) in [5.74, 6) is 1.56. The zero-order chi connectivity index (χ0) is 17.2. The molecule has 2 aromatic rings. The van der Waals surface area contributed by atoms with Gasteiger partial charge in [-0.2, -0.15) is 0 Å². The molecule has 4 rings (SSSR count). The lowest BCUT2D eigenvalue weighted by atomic mass is 9.96. The molecule has 2 bridgehead atoms. The van der Waals surface area contributed by atoms with Crippen molar-refractivity contribution in [2.45, 2.75) is 18.9 Å². The van der Waals surface area contributed by atoms with Crippen molar-refractivity contribution in [3.63, 3.8) is 0 Å². The Morgan fingerprint density at radius 1 is 1.04 bits per heavy atom. The molecule has 0 saturated carbocycles. The monoisotopic (exact) mass is 340 g/mol. The summed E-state index contributed by atoms with van der Waals surface area (Å²) in [6.45, 7) is 3.29. The van der Waals surface area contributed by atoms with E-state index in [2.05, 4.69) is 10.2 Å². The molecule has 4 nitrogen and oxygen atoms in total. The van der Waals surface area contributed by atoms with E-state index in [1.807, 2.05) is 0 Å². The van der Waals surface area contributed by atoms with Crippen LogP contribution in [0.4, 0.5) is 4.39 Å². The van der Waals surface area contributed by atoms with E-state index in [0.29, 0.717) is 17.1 Å². The minimum absolute atomic E-state index is 0.0409. The van der Waals surface area contributed by atoms with Crippen molar-refractivity contribution in [3.8, 4) is 11.5 Å². The molecule has 2 aliphatic heterocycles. The third-order valence-electron chi connectivity index (χ3n) is 4.97. The minimum Gasteiger partial charge on any atom is -0.457 e. The van der Waals surface area contributed by atoms with Gasteiger partial charge in [-0.3, -0.25) is 4.79 Å². The van der Waals surface area contributed by atoms with E-state index in [9.17, 15) is 9.18 Å². The molecule has 2 aliphatic rings. The van der Waals surface area contributed by atoms with Gasteiger partial charge < -0.3 is 15.0 Å². The molecule has 130 valence electrons. The third kappa shape index (κ3) is 3.82. The normalized spacial score (nSPS) is 24.8. The third-order valence-corrected chi connectivity index (χ3v) is 4.97. The predicted molar refractivity (Wildman–Crippen MR) is 93.3 cm³/mol. The molecule has 2 saturated heterocycles. The summed E-state index contributed by atoms with van der Waals surface area (Å²) in [7, 11) is 0. The number of fused-ring (bicyclic) bond motifs is 2. The van der Waals surface area contributed by atoms with E-state index >= 15 is 0 Å². The summed E-state index contributed by atoms with van der Waals surface area (Å²) in [5, 5.41) is 3.15. The lowest BCUT2D eigenvalue weighted by Gasteiger charge is -2.30. The fraction of sp³-hybridized carbons (Fsp3) is 0.350. The zero-order valence-electron chi connectivity index (χ0n) is 14.0. The Labute approximate surface area is 146 Å². The number of carbonyl (C=O) groups is 1. The highest BCUT2D eigenvalue weighted by Crippen LogP contribution is 2.27. The van der Waals surface area contributed by atoms with Gasteiger partial charge in [-0.15, -0.1) is 0 Å². The summed E-state index contributed by atoms with van der Waals surface area (Å²) in [6.07, 6.45) is 2.33. The number of ether oxygens (including phenoxy) is 1. The van der Waals surface area contributed by atoms with Gasteiger partial charge in [0.1, 0.15) is 17.3 Å². The molecule has 25 heavy (non-hydrogen) atoms. The molecule has 1 amide bonds. The number of nitrogens with one attached hydrogen (secondary N) is 1. The quantitative estimate of drug-likeness (QED) is 0.927. The van der Waals surface area contributed by atoms with Crippen LogP contribution in [0.1, 0.15) is 23.2 Å². The second-order valence-corrected chi connectivity index (χ2v) is 6.90. The molecule has 2 fully saturated rings. The zero-order valence-corrected chi connectivity index (χ0v) is 14.0. The van der Waals surface area contributed by atoms with Crippen LogP contribution in [0.15, 0.2) is 48.5 Å². The lowest BCUT2D eigenvalue weighted by Crippen LogP contribution is -2.46. The first-order valence-corrected chi connectivity index (χ1v) is 8.72. The maximum absolute atomic E-state index is 12.9. The van der Waals surface area contributed by atoms with Gasteiger partial charge in [0.05, 0.1) is 0 Å². The number of benzene rings is 2. The molecule has 2 aromatic carbocycles. The van der Waals surface area contributed by atoms with Crippen LogP contribution >= 0.6 is 0 Å². The van der Waals surface area contributed by atoms with E-state index < -0.39 is 0 Å². The van der Waals surface area contributed by atoms with Crippen LogP contribution in [-0.2, 0) is 0 Å². The standard InChI is InChI=1S/C20H21FN2O2/c21-16-3-7-19(8-4-16)25-18-5-1-15(2-6-18)20(24)22-17-11-14-9-10-23(12-14)13-17/h1-8,14,17H,9-13H2,(H,22,24). The van der Waals surface area contributed by atoms with E-state index in [-0.39, 0.29) is 17.8 Å². The smallest absolute Gasteiger partial charge is 0.251 e. The van der Waals surface area contributed by atoms with Gasteiger partial charge >= 0.3 is 0 Å². The molecule has 3 unspecified atom stereocenters. The molecule has 3 atom stereocenters. The number of rotatable bonds is 4. The van der Waals surface area contributed by atoms with E-state index in [4.69, 9.17) is 4.74 Å². The van der Waals surface area contributed by atoms with Crippen molar-refractivity contribution in [3.05, 3.63) is 59.9 Å². The number of nitrogens with zero attached hydrogens (tertiary/aromatic N) is 1. The van der Waals surface area contributed by atoms with Gasteiger partial charge in [0.25, 0.3) is 5.91 Å². The van der Waals surface area contributed by atoms with Gasteiger partial charge in [0.15, 0.2) is 0 Å². The Morgan fingerprint density at radius 3 is 2.40 bits per heavy atom. The lowest BCUT2D eigenvalue weighted by molar-refractivity contribution is 0.0909. The average Bonchev–Trinajstić information content (AvgIpc) is 2.96. The minimum atomic E-state index is -0.299. The summed E-state index contributed by atoms with van der Waals surface area (Å²) in [5.41, 5.74) is 0.624. The number of piperidine rings is 1. The molecular formula is C20H21FN2O2. The molecule has 2 heterocycles. The van der Waals surface area contributed by atoms with Crippen LogP contribution in [0.5, 0.6) is 11.5 Å². The SMILES string of the molecule is O=C(NC1CC2CCN(C2)C1)c1ccc(Oc2ccc(F)cc2)cc1.